The molecule has 1 fully saturated rings. The molecule has 4 heteroatoms. The van der Waals surface area contributed by atoms with E-state index in [0.29, 0.717) is 21.7 Å². The summed E-state index contributed by atoms with van der Waals surface area (Å²) in [6.07, 6.45) is 4.63. The van der Waals surface area contributed by atoms with Gasteiger partial charge >= 0.3 is 5.97 Å². The van der Waals surface area contributed by atoms with Crippen LogP contribution in [0.3, 0.4) is 0 Å². The van der Waals surface area contributed by atoms with E-state index in [1.807, 2.05) is 0 Å². The number of fused-ring (bicyclic) bond motifs is 4. The Morgan fingerprint density at radius 2 is 2.27 bits per heavy atom. The average molecular weight is 243 g/mol. The van der Waals surface area contributed by atoms with Crippen molar-refractivity contribution in [3.05, 3.63) is 20.3 Å². The van der Waals surface area contributed by atoms with Gasteiger partial charge in [0.1, 0.15) is 4.34 Å². The highest BCUT2D eigenvalue weighted by Gasteiger charge is 2.37. The Morgan fingerprint density at radius 3 is 3.00 bits per heavy atom. The van der Waals surface area contributed by atoms with Crippen LogP contribution in [0.25, 0.3) is 0 Å². The topological polar surface area (TPSA) is 37.3 Å². The maximum Gasteiger partial charge on any atom is 0.338 e. The zero-order valence-electron chi connectivity index (χ0n) is 8.12. The minimum absolute atomic E-state index is 0.383. The molecule has 0 radical (unpaired) electrons. The van der Waals surface area contributed by atoms with Crippen molar-refractivity contribution in [1.29, 1.82) is 0 Å². The average Bonchev–Trinajstić information content (AvgIpc) is 2.69. The van der Waals surface area contributed by atoms with Gasteiger partial charge in [-0.1, -0.05) is 11.6 Å². The SMILES string of the molecule is O=C(O)c1c(Cl)sc2c1CC1CCC2C1. The van der Waals surface area contributed by atoms with Gasteiger partial charge in [-0.05, 0) is 43.1 Å². The normalized spacial score (nSPS) is 27.8. The summed E-state index contributed by atoms with van der Waals surface area (Å²) in [6, 6.07) is 0. The first-order valence-electron chi connectivity index (χ1n) is 5.21. The molecular weight excluding hydrogens is 232 g/mol. The van der Waals surface area contributed by atoms with Gasteiger partial charge in [0.25, 0.3) is 0 Å². The molecule has 0 amide bonds. The lowest BCUT2D eigenvalue weighted by molar-refractivity contribution is 0.0696. The van der Waals surface area contributed by atoms with E-state index in [9.17, 15) is 4.79 Å². The van der Waals surface area contributed by atoms with E-state index in [0.717, 1.165) is 12.0 Å². The van der Waals surface area contributed by atoms with E-state index in [4.69, 9.17) is 16.7 Å². The molecule has 1 aromatic rings. The Labute approximate surface area is 96.9 Å². The van der Waals surface area contributed by atoms with Crippen LogP contribution >= 0.6 is 22.9 Å². The zero-order chi connectivity index (χ0) is 10.6. The third-order valence-electron chi connectivity index (χ3n) is 3.61. The summed E-state index contributed by atoms with van der Waals surface area (Å²) in [5.74, 6) is 0.430. The van der Waals surface area contributed by atoms with Crippen molar-refractivity contribution in [1.82, 2.24) is 0 Å². The van der Waals surface area contributed by atoms with Gasteiger partial charge in [0, 0.05) is 4.88 Å². The van der Waals surface area contributed by atoms with Crippen molar-refractivity contribution in [3.8, 4) is 0 Å². The molecular formula is C11H11ClO2S. The molecule has 2 unspecified atom stereocenters. The number of hydrogen-bond donors (Lipinski definition) is 1. The highest BCUT2D eigenvalue weighted by atomic mass is 35.5. The van der Waals surface area contributed by atoms with Crippen LogP contribution in [0.2, 0.25) is 4.34 Å². The molecule has 2 bridgehead atoms. The highest BCUT2D eigenvalue weighted by Crippen LogP contribution is 2.51. The molecule has 15 heavy (non-hydrogen) atoms. The molecule has 1 heterocycles. The minimum Gasteiger partial charge on any atom is -0.478 e. The molecule has 80 valence electrons. The van der Waals surface area contributed by atoms with Crippen molar-refractivity contribution >= 4 is 28.9 Å². The zero-order valence-corrected chi connectivity index (χ0v) is 9.70. The lowest BCUT2D eigenvalue weighted by Gasteiger charge is -2.19. The molecule has 0 aliphatic heterocycles. The predicted molar refractivity (Wildman–Crippen MR) is 60.1 cm³/mol. The Balaban J connectivity index is 2.17. The smallest absolute Gasteiger partial charge is 0.338 e. The van der Waals surface area contributed by atoms with Gasteiger partial charge in [-0.15, -0.1) is 11.3 Å². The van der Waals surface area contributed by atoms with E-state index in [1.54, 1.807) is 0 Å². The standard InChI is InChI=1S/C11H11ClO2S/c12-10-8(11(13)14)7-4-5-1-2-6(3-5)9(7)15-10/h5-6H,1-4H2,(H,13,14). The predicted octanol–water partition coefficient (Wildman–Crippen LogP) is 3.54. The molecule has 0 spiro atoms. The molecule has 2 aliphatic carbocycles. The van der Waals surface area contributed by atoms with E-state index >= 15 is 0 Å². The Kier molecular flexibility index (Phi) is 2.08. The van der Waals surface area contributed by atoms with Gasteiger partial charge in [0.05, 0.1) is 5.56 Å². The van der Waals surface area contributed by atoms with Gasteiger partial charge in [-0.25, -0.2) is 4.79 Å². The molecule has 1 aromatic heterocycles. The molecule has 1 N–H and O–H groups in total. The third-order valence-corrected chi connectivity index (χ3v) is 5.22. The summed E-state index contributed by atoms with van der Waals surface area (Å²) >= 11 is 7.49. The van der Waals surface area contributed by atoms with Crippen LogP contribution < -0.4 is 0 Å². The summed E-state index contributed by atoms with van der Waals surface area (Å²) in [6.45, 7) is 0. The van der Waals surface area contributed by atoms with Crippen molar-refractivity contribution in [2.75, 3.05) is 0 Å². The molecule has 3 rings (SSSR count). The Bertz CT molecular complexity index is 438. The summed E-state index contributed by atoms with van der Waals surface area (Å²) < 4.78 is 0.472. The second-order valence-electron chi connectivity index (χ2n) is 4.48. The number of rotatable bonds is 1. The number of aromatic carboxylic acids is 1. The van der Waals surface area contributed by atoms with Crippen molar-refractivity contribution < 1.29 is 9.90 Å². The first-order valence-corrected chi connectivity index (χ1v) is 6.40. The van der Waals surface area contributed by atoms with Crippen LogP contribution in [0.4, 0.5) is 0 Å². The molecule has 2 aliphatic rings. The lowest BCUT2D eigenvalue weighted by Crippen LogP contribution is -2.11. The summed E-state index contributed by atoms with van der Waals surface area (Å²) in [5.41, 5.74) is 1.42. The third kappa shape index (κ3) is 1.33. The number of hydrogen-bond acceptors (Lipinski definition) is 2. The van der Waals surface area contributed by atoms with Gasteiger partial charge in [0.2, 0.25) is 0 Å². The number of halogens is 1. The van der Waals surface area contributed by atoms with Gasteiger partial charge in [0.15, 0.2) is 0 Å². The van der Waals surface area contributed by atoms with E-state index < -0.39 is 5.97 Å². The van der Waals surface area contributed by atoms with E-state index in [-0.39, 0.29) is 0 Å². The fraction of sp³-hybridized carbons (Fsp3) is 0.545. The Morgan fingerprint density at radius 1 is 1.47 bits per heavy atom. The second kappa shape index (κ2) is 3.22. The van der Waals surface area contributed by atoms with Crippen LogP contribution in [0.15, 0.2) is 0 Å². The van der Waals surface area contributed by atoms with Crippen molar-refractivity contribution in [2.24, 2.45) is 5.92 Å². The number of carboxylic acid groups (broad SMARTS) is 1. The molecule has 1 saturated carbocycles. The maximum atomic E-state index is 11.1. The molecule has 2 nitrogen and oxygen atoms in total. The number of thiophene rings is 1. The van der Waals surface area contributed by atoms with E-state index in [1.165, 1.54) is 35.5 Å². The van der Waals surface area contributed by atoms with Crippen LogP contribution in [-0.4, -0.2) is 11.1 Å². The van der Waals surface area contributed by atoms with Crippen molar-refractivity contribution in [2.45, 2.75) is 31.6 Å². The molecule has 0 saturated heterocycles. The van der Waals surface area contributed by atoms with Crippen molar-refractivity contribution in [3.63, 3.8) is 0 Å². The van der Waals surface area contributed by atoms with Gasteiger partial charge in [-0.3, -0.25) is 0 Å². The largest absolute Gasteiger partial charge is 0.478 e. The fourth-order valence-corrected chi connectivity index (χ4v) is 4.62. The monoisotopic (exact) mass is 242 g/mol. The number of carbonyl (C=O) groups is 1. The summed E-state index contributed by atoms with van der Waals surface area (Å²) in [4.78, 5) is 12.4. The van der Waals surface area contributed by atoms with Gasteiger partial charge < -0.3 is 5.11 Å². The van der Waals surface area contributed by atoms with Crippen LogP contribution in [0, 0.1) is 5.92 Å². The van der Waals surface area contributed by atoms with Gasteiger partial charge in [-0.2, -0.15) is 0 Å². The quantitative estimate of drug-likeness (QED) is 0.818. The maximum absolute atomic E-state index is 11.1. The number of carboxylic acids is 1. The van der Waals surface area contributed by atoms with Crippen LogP contribution in [0.5, 0.6) is 0 Å². The molecule has 2 atom stereocenters. The highest BCUT2D eigenvalue weighted by molar-refractivity contribution is 7.17. The Hall–Kier alpha value is -0.540. The lowest BCUT2D eigenvalue weighted by atomic mass is 9.87. The minimum atomic E-state index is -0.862. The molecule has 0 aromatic carbocycles. The first-order chi connectivity index (χ1) is 7.16. The second-order valence-corrected chi connectivity index (χ2v) is 6.13. The summed E-state index contributed by atoms with van der Waals surface area (Å²) in [7, 11) is 0. The fourth-order valence-electron chi connectivity index (χ4n) is 2.98. The van der Waals surface area contributed by atoms with Crippen LogP contribution in [0.1, 0.15) is 46.0 Å². The summed E-state index contributed by atoms with van der Waals surface area (Å²) in [5, 5.41) is 9.13. The first kappa shape index (κ1) is 9.67. The van der Waals surface area contributed by atoms with Crippen LogP contribution in [-0.2, 0) is 6.42 Å². The van der Waals surface area contributed by atoms with E-state index in [2.05, 4.69) is 0 Å².